The minimum Gasteiger partial charge on any atom is -0.497 e. The molecule has 1 unspecified atom stereocenters. The van der Waals surface area contributed by atoms with Gasteiger partial charge in [-0.3, -0.25) is 9.78 Å². The van der Waals surface area contributed by atoms with Gasteiger partial charge in [0.1, 0.15) is 5.75 Å². The molecule has 7 nitrogen and oxygen atoms in total. The summed E-state index contributed by atoms with van der Waals surface area (Å²) in [6.07, 6.45) is 6.43. The maximum atomic E-state index is 12.7. The number of carbonyl (C=O) groups is 1. The minimum atomic E-state index is -0.333. The van der Waals surface area contributed by atoms with Crippen LogP contribution < -0.4 is 15.4 Å². The summed E-state index contributed by atoms with van der Waals surface area (Å²) in [5, 5.41) is 6.05. The second kappa shape index (κ2) is 8.75. The van der Waals surface area contributed by atoms with E-state index in [2.05, 4.69) is 25.6 Å². The Morgan fingerprint density at radius 3 is 2.26 bits per heavy atom. The first-order chi connectivity index (χ1) is 13.2. The number of carbonyl (C=O) groups excluding carboxylic acids is 1. The number of nitrogens with zero attached hydrogens (tertiary/aromatic N) is 3. The molecule has 0 radical (unpaired) electrons. The van der Waals surface area contributed by atoms with Crippen LogP contribution in [0.1, 0.15) is 34.5 Å². The van der Waals surface area contributed by atoms with Gasteiger partial charge in [-0.2, -0.15) is 0 Å². The summed E-state index contributed by atoms with van der Waals surface area (Å²) in [5.74, 6) is 0.997. The van der Waals surface area contributed by atoms with Crippen LogP contribution in [0.15, 0.2) is 61.2 Å². The van der Waals surface area contributed by atoms with E-state index < -0.39 is 0 Å². The van der Waals surface area contributed by atoms with Gasteiger partial charge in [-0.25, -0.2) is 9.97 Å². The fourth-order valence-corrected chi connectivity index (χ4v) is 2.62. The summed E-state index contributed by atoms with van der Waals surface area (Å²) < 4.78 is 5.22. The highest BCUT2D eigenvalue weighted by Crippen LogP contribution is 2.24. The van der Waals surface area contributed by atoms with Gasteiger partial charge in [0.2, 0.25) is 5.95 Å². The molecule has 1 aromatic carbocycles. The quantitative estimate of drug-likeness (QED) is 0.671. The van der Waals surface area contributed by atoms with Gasteiger partial charge in [-0.15, -0.1) is 0 Å². The third-order valence-corrected chi connectivity index (χ3v) is 4.01. The van der Waals surface area contributed by atoms with Crippen molar-refractivity contribution in [2.24, 2.45) is 0 Å². The molecule has 2 aromatic heterocycles. The van der Waals surface area contributed by atoms with E-state index >= 15 is 0 Å². The lowest BCUT2D eigenvalue weighted by Gasteiger charge is -2.20. The molecule has 7 heteroatoms. The summed E-state index contributed by atoms with van der Waals surface area (Å²) in [6.45, 7) is 2.67. The predicted octanol–water partition coefficient (Wildman–Crippen LogP) is 2.83. The van der Waals surface area contributed by atoms with Crippen LogP contribution in [0.2, 0.25) is 0 Å². The Kier molecular flexibility index (Phi) is 5.94. The molecule has 2 N–H and O–H groups in total. The normalized spacial score (nSPS) is 11.5. The van der Waals surface area contributed by atoms with E-state index in [-0.39, 0.29) is 11.9 Å². The Morgan fingerprint density at radius 2 is 1.67 bits per heavy atom. The van der Waals surface area contributed by atoms with Crippen LogP contribution in [0, 0.1) is 0 Å². The molecule has 27 heavy (non-hydrogen) atoms. The second-order valence-electron chi connectivity index (χ2n) is 5.79. The van der Waals surface area contributed by atoms with Gasteiger partial charge in [0, 0.05) is 31.3 Å². The van der Waals surface area contributed by atoms with E-state index in [4.69, 9.17) is 4.74 Å². The van der Waals surface area contributed by atoms with E-state index in [1.165, 1.54) is 12.4 Å². The molecule has 0 spiro atoms. The molecule has 3 rings (SSSR count). The van der Waals surface area contributed by atoms with Gasteiger partial charge in [0.05, 0.1) is 18.7 Å². The van der Waals surface area contributed by atoms with Gasteiger partial charge in [0.25, 0.3) is 5.91 Å². The fraction of sp³-hybridized carbons (Fsp3) is 0.200. The van der Waals surface area contributed by atoms with Crippen molar-refractivity contribution in [3.8, 4) is 5.75 Å². The maximum absolute atomic E-state index is 12.7. The third-order valence-electron chi connectivity index (χ3n) is 4.01. The van der Waals surface area contributed by atoms with Crippen molar-refractivity contribution < 1.29 is 9.53 Å². The minimum absolute atomic E-state index is 0.254. The molecule has 3 aromatic rings. The number of rotatable bonds is 7. The number of benzene rings is 1. The highest BCUT2D eigenvalue weighted by Gasteiger charge is 2.18. The zero-order valence-electron chi connectivity index (χ0n) is 15.2. The lowest BCUT2D eigenvalue weighted by Crippen LogP contribution is -2.29. The van der Waals surface area contributed by atoms with Crippen LogP contribution in [-0.2, 0) is 0 Å². The topological polar surface area (TPSA) is 89.0 Å². The number of nitrogens with one attached hydrogen (secondary N) is 2. The van der Waals surface area contributed by atoms with Crippen molar-refractivity contribution >= 4 is 11.9 Å². The Hall–Kier alpha value is -3.48. The molecular weight excluding hydrogens is 342 g/mol. The molecule has 0 aliphatic rings. The molecule has 0 saturated carbocycles. The maximum Gasteiger partial charge on any atom is 0.255 e. The van der Waals surface area contributed by atoms with E-state index in [0.717, 1.165) is 16.9 Å². The zero-order valence-corrected chi connectivity index (χ0v) is 15.2. The van der Waals surface area contributed by atoms with Crippen LogP contribution in [0.25, 0.3) is 0 Å². The summed E-state index contributed by atoms with van der Waals surface area (Å²) in [4.78, 5) is 25.1. The van der Waals surface area contributed by atoms with Gasteiger partial charge in [-0.05, 0) is 42.3 Å². The predicted molar refractivity (Wildman–Crippen MR) is 103 cm³/mol. The third kappa shape index (κ3) is 4.58. The lowest BCUT2D eigenvalue weighted by molar-refractivity contribution is 0.0942. The number of methoxy groups -OCH3 is 1. The van der Waals surface area contributed by atoms with Crippen molar-refractivity contribution in [1.82, 2.24) is 20.3 Å². The molecule has 1 atom stereocenters. The molecular formula is C20H21N5O2. The van der Waals surface area contributed by atoms with Crippen molar-refractivity contribution in [2.45, 2.75) is 13.0 Å². The average Bonchev–Trinajstić information content (AvgIpc) is 2.73. The fourth-order valence-electron chi connectivity index (χ4n) is 2.62. The van der Waals surface area contributed by atoms with Gasteiger partial charge in [0.15, 0.2) is 0 Å². The molecule has 0 bridgehead atoms. The van der Waals surface area contributed by atoms with E-state index in [9.17, 15) is 4.79 Å². The van der Waals surface area contributed by atoms with Crippen LogP contribution in [0.5, 0.6) is 5.75 Å². The van der Waals surface area contributed by atoms with Crippen molar-refractivity contribution in [3.63, 3.8) is 0 Å². The second-order valence-corrected chi connectivity index (χ2v) is 5.79. The van der Waals surface area contributed by atoms with Crippen LogP contribution >= 0.6 is 0 Å². The zero-order chi connectivity index (χ0) is 19.1. The van der Waals surface area contributed by atoms with Gasteiger partial charge >= 0.3 is 0 Å². The number of aromatic nitrogens is 3. The Morgan fingerprint density at radius 1 is 1.04 bits per heavy atom. The number of anilines is 1. The van der Waals surface area contributed by atoms with Crippen LogP contribution in [0.4, 0.5) is 5.95 Å². The van der Waals surface area contributed by atoms with Crippen molar-refractivity contribution in [1.29, 1.82) is 0 Å². The first-order valence-electron chi connectivity index (χ1n) is 8.62. The summed E-state index contributed by atoms with van der Waals surface area (Å²) in [6, 6.07) is 11.0. The van der Waals surface area contributed by atoms with Crippen molar-refractivity contribution in [3.05, 3.63) is 77.9 Å². The van der Waals surface area contributed by atoms with Crippen LogP contribution in [-0.4, -0.2) is 34.5 Å². The first-order valence-corrected chi connectivity index (χ1v) is 8.62. The highest BCUT2D eigenvalue weighted by molar-refractivity contribution is 5.94. The molecule has 0 fully saturated rings. The summed E-state index contributed by atoms with van der Waals surface area (Å²) in [7, 11) is 1.62. The molecule has 0 aliphatic heterocycles. The van der Waals surface area contributed by atoms with E-state index in [1.807, 2.05) is 43.3 Å². The monoisotopic (exact) mass is 363 g/mol. The molecule has 138 valence electrons. The lowest BCUT2D eigenvalue weighted by atomic mass is 9.99. The first kappa shape index (κ1) is 18.3. The number of ether oxygens (including phenoxy) is 1. The standard InChI is InChI=1S/C20H21N5O2/c1-3-22-20-23-12-16(13-24-20)19(26)25-18(15-8-10-21-11-9-15)14-4-6-17(27-2)7-5-14/h4-13,18H,3H2,1-2H3,(H,25,26)(H,22,23,24). The van der Waals surface area contributed by atoms with Crippen molar-refractivity contribution in [2.75, 3.05) is 19.0 Å². The molecule has 0 aliphatic carbocycles. The van der Waals surface area contributed by atoms with E-state index in [1.54, 1.807) is 19.5 Å². The SMILES string of the molecule is CCNc1ncc(C(=O)NC(c2ccncc2)c2ccc(OC)cc2)cn1. The van der Waals surface area contributed by atoms with Gasteiger partial charge < -0.3 is 15.4 Å². The number of hydrogen-bond acceptors (Lipinski definition) is 6. The Labute approximate surface area is 157 Å². The largest absolute Gasteiger partial charge is 0.497 e. The van der Waals surface area contributed by atoms with Gasteiger partial charge in [-0.1, -0.05) is 12.1 Å². The number of hydrogen-bond donors (Lipinski definition) is 2. The smallest absolute Gasteiger partial charge is 0.255 e. The van der Waals surface area contributed by atoms with Crippen LogP contribution in [0.3, 0.4) is 0 Å². The summed E-state index contributed by atoms with van der Waals surface area (Å²) >= 11 is 0. The molecule has 1 amide bonds. The molecule has 2 heterocycles. The Balaban J connectivity index is 1.85. The average molecular weight is 363 g/mol. The Bertz CT molecular complexity index is 867. The highest BCUT2D eigenvalue weighted by atomic mass is 16.5. The molecule has 0 saturated heterocycles. The summed E-state index contributed by atoms with van der Waals surface area (Å²) in [5.41, 5.74) is 2.25. The number of amides is 1. The number of pyridine rings is 1. The van der Waals surface area contributed by atoms with E-state index in [0.29, 0.717) is 18.1 Å².